The van der Waals surface area contributed by atoms with E-state index in [0.717, 1.165) is 9.87 Å². The van der Waals surface area contributed by atoms with Gasteiger partial charge in [0.1, 0.15) is 28.2 Å². The third kappa shape index (κ3) is 4.58. The molecule has 0 atom stereocenters. The summed E-state index contributed by atoms with van der Waals surface area (Å²) in [5.74, 6) is 1.33. The van der Waals surface area contributed by atoms with Gasteiger partial charge >= 0.3 is 0 Å². The van der Waals surface area contributed by atoms with Crippen molar-refractivity contribution < 1.29 is 17.7 Å². The molecule has 2 heterocycles. The van der Waals surface area contributed by atoms with Crippen molar-refractivity contribution in [3.05, 3.63) is 65.1 Å². The average molecular weight is 408 g/mol. The Labute approximate surface area is 162 Å². The SMILES string of the molecule is Cc1ccc(OCCN(c2cc(C)on2)S(=O)(=O)c2ccc(Cl)nc2)cc1. The Morgan fingerprint density at radius 2 is 1.89 bits per heavy atom. The molecular weight excluding hydrogens is 390 g/mol. The molecule has 1 aromatic carbocycles. The first-order valence-electron chi connectivity index (χ1n) is 8.13. The molecule has 0 spiro atoms. The van der Waals surface area contributed by atoms with Crippen LogP contribution >= 0.6 is 11.6 Å². The molecule has 0 bridgehead atoms. The second-order valence-electron chi connectivity index (χ2n) is 5.85. The van der Waals surface area contributed by atoms with Crippen LogP contribution in [0.4, 0.5) is 5.82 Å². The van der Waals surface area contributed by atoms with Gasteiger partial charge in [0.2, 0.25) is 0 Å². The molecule has 27 heavy (non-hydrogen) atoms. The fourth-order valence-corrected chi connectivity index (χ4v) is 3.79. The molecule has 0 N–H and O–H groups in total. The predicted octanol–water partition coefficient (Wildman–Crippen LogP) is 3.61. The standard InChI is InChI=1S/C18H18ClN3O4S/c1-13-3-5-15(6-4-13)25-10-9-22(18-11-14(2)26-21-18)27(23,24)16-7-8-17(19)20-12-16/h3-8,11-12H,9-10H2,1-2H3. The highest BCUT2D eigenvalue weighted by Gasteiger charge is 2.27. The summed E-state index contributed by atoms with van der Waals surface area (Å²) in [6.07, 6.45) is 1.21. The molecule has 0 aliphatic carbocycles. The van der Waals surface area contributed by atoms with Crippen molar-refractivity contribution in [1.29, 1.82) is 0 Å². The number of benzene rings is 1. The highest BCUT2D eigenvalue weighted by Crippen LogP contribution is 2.23. The summed E-state index contributed by atoms with van der Waals surface area (Å²) in [4.78, 5) is 3.85. The van der Waals surface area contributed by atoms with E-state index in [9.17, 15) is 8.42 Å². The number of aryl methyl sites for hydroxylation is 2. The lowest BCUT2D eigenvalue weighted by atomic mass is 10.2. The first-order valence-corrected chi connectivity index (χ1v) is 9.95. The van der Waals surface area contributed by atoms with Crippen molar-refractivity contribution in [2.24, 2.45) is 0 Å². The molecule has 0 radical (unpaired) electrons. The fraction of sp³-hybridized carbons (Fsp3) is 0.222. The molecule has 0 aliphatic rings. The number of rotatable bonds is 7. The van der Waals surface area contributed by atoms with E-state index < -0.39 is 10.0 Å². The minimum Gasteiger partial charge on any atom is -0.492 e. The Kier molecular flexibility index (Phi) is 5.67. The lowest BCUT2D eigenvalue weighted by molar-refractivity contribution is 0.327. The number of halogens is 1. The van der Waals surface area contributed by atoms with Crippen molar-refractivity contribution in [3.63, 3.8) is 0 Å². The maximum Gasteiger partial charge on any atom is 0.267 e. The van der Waals surface area contributed by atoms with Gasteiger partial charge in [-0.05, 0) is 38.1 Å². The zero-order valence-electron chi connectivity index (χ0n) is 14.8. The van der Waals surface area contributed by atoms with Crippen LogP contribution in [0, 0.1) is 13.8 Å². The lowest BCUT2D eigenvalue weighted by Crippen LogP contribution is -2.35. The summed E-state index contributed by atoms with van der Waals surface area (Å²) in [6.45, 7) is 3.85. The van der Waals surface area contributed by atoms with Gasteiger partial charge in [0.15, 0.2) is 5.82 Å². The van der Waals surface area contributed by atoms with Crippen LogP contribution in [0.25, 0.3) is 0 Å². The summed E-state index contributed by atoms with van der Waals surface area (Å²) >= 11 is 5.76. The van der Waals surface area contributed by atoms with Gasteiger partial charge in [0, 0.05) is 12.3 Å². The molecule has 0 saturated carbocycles. The Morgan fingerprint density at radius 1 is 1.15 bits per heavy atom. The van der Waals surface area contributed by atoms with Crippen LogP contribution in [0.15, 0.2) is 58.1 Å². The van der Waals surface area contributed by atoms with E-state index in [1.54, 1.807) is 13.0 Å². The van der Waals surface area contributed by atoms with E-state index in [1.165, 1.54) is 18.3 Å². The molecule has 3 rings (SSSR count). The largest absolute Gasteiger partial charge is 0.492 e. The van der Waals surface area contributed by atoms with Crippen molar-refractivity contribution in [2.75, 3.05) is 17.5 Å². The Morgan fingerprint density at radius 3 is 2.48 bits per heavy atom. The van der Waals surface area contributed by atoms with Crippen LogP contribution in [0.5, 0.6) is 5.75 Å². The number of sulfonamides is 1. The zero-order valence-corrected chi connectivity index (χ0v) is 16.4. The van der Waals surface area contributed by atoms with Crippen molar-refractivity contribution in [3.8, 4) is 5.75 Å². The van der Waals surface area contributed by atoms with Crippen LogP contribution in [-0.4, -0.2) is 31.7 Å². The summed E-state index contributed by atoms with van der Waals surface area (Å²) in [5.41, 5.74) is 1.11. The van der Waals surface area contributed by atoms with Crippen molar-refractivity contribution in [1.82, 2.24) is 10.1 Å². The number of hydrogen-bond donors (Lipinski definition) is 0. The van der Waals surface area contributed by atoms with Crippen LogP contribution in [0.2, 0.25) is 5.15 Å². The third-order valence-electron chi connectivity index (χ3n) is 3.74. The van der Waals surface area contributed by atoms with Gasteiger partial charge in [0.25, 0.3) is 10.0 Å². The minimum atomic E-state index is -3.91. The van der Waals surface area contributed by atoms with E-state index in [1.807, 2.05) is 31.2 Å². The van der Waals surface area contributed by atoms with Gasteiger partial charge in [-0.3, -0.25) is 0 Å². The van der Waals surface area contributed by atoms with Gasteiger partial charge in [-0.25, -0.2) is 17.7 Å². The summed E-state index contributed by atoms with van der Waals surface area (Å²) in [7, 11) is -3.91. The molecule has 9 heteroatoms. The molecule has 7 nitrogen and oxygen atoms in total. The highest BCUT2D eigenvalue weighted by molar-refractivity contribution is 7.92. The van der Waals surface area contributed by atoms with Crippen molar-refractivity contribution >= 4 is 27.4 Å². The number of anilines is 1. The predicted molar refractivity (Wildman–Crippen MR) is 102 cm³/mol. The summed E-state index contributed by atoms with van der Waals surface area (Å²) in [6, 6.07) is 11.9. The van der Waals surface area contributed by atoms with Crippen LogP contribution in [0.3, 0.4) is 0 Å². The fourth-order valence-electron chi connectivity index (χ4n) is 2.35. The molecule has 3 aromatic rings. The van der Waals surface area contributed by atoms with E-state index in [2.05, 4.69) is 10.1 Å². The highest BCUT2D eigenvalue weighted by atomic mass is 35.5. The second-order valence-corrected chi connectivity index (χ2v) is 8.10. The molecule has 0 amide bonds. The number of hydrogen-bond acceptors (Lipinski definition) is 6. The number of aromatic nitrogens is 2. The Bertz CT molecular complexity index is 1000. The molecule has 0 aliphatic heterocycles. The third-order valence-corrected chi connectivity index (χ3v) is 5.75. The van der Waals surface area contributed by atoms with E-state index in [4.69, 9.17) is 20.9 Å². The molecular formula is C18H18ClN3O4S. The van der Waals surface area contributed by atoms with Gasteiger partial charge in [0.05, 0.1) is 6.54 Å². The van der Waals surface area contributed by atoms with E-state index >= 15 is 0 Å². The van der Waals surface area contributed by atoms with Gasteiger partial charge in [-0.15, -0.1) is 0 Å². The van der Waals surface area contributed by atoms with Crippen molar-refractivity contribution in [2.45, 2.75) is 18.7 Å². The average Bonchev–Trinajstić information content (AvgIpc) is 3.06. The molecule has 0 unspecified atom stereocenters. The number of ether oxygens (including phenoxy) is 1. The Hall–Kier alpha value is -2.58. The molecule has 0 fully saturated rings. The van der Waals surface area contributed by atoms with Gasteiger partial charge < -0.3 is 9.26 Å². The first kappa shape index (κ1) is 19.2. The maximum absolute atomic E-state index is 13.0. The van der Waals surface area contributed by atoms with Crippen LogP contribution < -0.4 is 9.04 Å². The second kappa shape index (κ2) is 7.98. The van der Waals surface area contributed by atoms with Crippen LogP contribution in [0.1, 0.15) is 11.3 Å². The van der Waals surface area contributed by atoms with E-state index in [-0.39, 0.29) is 29.0 Å². The van der Waals surface area contributed by atoms with E-state index in [0.29, 0.717) is 11.5 Å². The topological polar surface area (TPSA) is 85.5 Å². The summed E-state index contributed by atoms with van der Waals surface area (Å²) in [5, 5.41) is 4.04. The van der Waals surface area contributed by atoms with Gasteiger partial charge in [-0.2, -0.15) is 0 Å². The normalized spacial score (nSPS) is 11.4. The number of pyridine rings is 1. The monoisotopic (exact) mass is 407 g/mol. The van der Waals surface area contributed by atoms with Gasteiger partial charge in [-0.1, -0.05) is 34.5 Å². The van der Waals surface area contributed by atoms with Crippen LogP contribution in [-0.2, 0) is 10.0 Å². The molecule has 2 aromatic heterocycles. The molecule has 0 saturated heterocycles. The molecule has 142 valence electrons. The lowest BCUT2D eigenvalue weighted by Gasteiger charge is -2.21. The Balaban J connectivity index is 1.82. The maximum atomic E-state index is 13.0. The smallest absolute Gasteiger partial charge is 0.267 e. The first-order chi connectivity index (χ1) is 12.9. The number of nitrogens with zero attached hydrogens (tertiary/aromatic N) is 3. The minimum absolute atomic E-state index is 0.00267. The zero-order chi connectivity index (χ0) is 19.4. The quantitative estimate of drug-likeness (QED) is 0.556. The summed E-state index contributed by atoms with van der Waals surface area (Å²) < 4.78 is 37.9.